The number of phenols is 1. The molecule has 2 amide bonds. The van der Waals surface area contributed by atoms with E-state index >= 15 is 0 Å². The molecule has 15 heteroatoms. The van der Waals surface area contributed by atoms with Gasteiger partial charge in [0.15, 0.2) is 0 Å². The van der Waals surface area contributed by atoms with E-state index in [2.05, 4.69) is 25.7 Å². The summed E-state index contributed by atoms with van der Waals surface area (Å²) >= 11 is 0. The zero-order valence-electron chi connectivity index (χ0n) is 28.2. The number of piperidine rings is 1. The molecular weight excluding hydrogens is 683 g/mol. The maximum atomic E-state index is 13.1. The molecule has 6 N–H and O–H groups in total. The number of aliphatic hydroxyl groups is 1. The number of nitrogens with zero attached hydrogens (tertiary/aromatic N) is 1. The number of likely N-dealkylation sites (tertiary alicyclic amines) is 1. The average molecular weight is 724 g/mol. The van der Waals surface area contributed by atoms with E-state index in [1.807, 2.05) is 23.1 Å². The maximum absolute atomic E-state index is 13.1. The lowest BCUT2D eigenvalue weighted by atomic mass is 10.0. The minimum Gasteiger partial charge on any atom is -0.506 e. The van der Waals surface area contributed by atoms with E-state index in [1.54, 1.807) is 42.5 Å². The molecule has 276 valence electrons. The molecule has 5 rings (SSSR count). The molecule has 4 aromatic rings. The van der Waals surface area contributed by atoms with Crippen molar-refractivity contribution < 1.29 is 42.5 Å². The van der Waals surface area contributed by atoms with Crippen LogP contribution in [0.3, 0.4) is 0 Å². The molecule has 3 aromatic carbocycles. The number of hydrogen-bond acceptors (Lipinski definition) is 9. The van der Waals surface area contributed by atoms with Gasteiger partial charge in [-0.25, -0.2) is 4.79 Å². The number of carbonyl (C=O) groups is 3. The second kappa shape index (κ2) is 17.3. The predicted octanol–water partition coefficient (Wildman–Crippen LogP) is 3.93. The van der Waals surface area contributed by atoms with Crippen LogP contribution in [-0.2, 0) is 27.3 Å². The first kappa shape index (κ1) is 38.0. The Bertz CT molecular complexity index is 1940. The lowest BCUT2D eigenvalue weighted by molar-refractivity contribution is -0.206. The van der Waals surface area contributed by atoms with E-state index < -0.39 is 24.4 Å². The monoisotopic (exact) mass is 723 g/mol. The van der Waals surface area contributed by atoms with Gasteiger partial charge >= 0.3 is 12.1 Å². The third kappa shape index (κ3) is 10.6. The fourth-order valence-electron chi connectivity index (χ4n) is 5.98. The lowest BCUT2D eigenvalue weighted by Gasteiger charge is -2.31. The number of aromatic hydroxyl groups is 1. The van der Waals surface area contributed by atoms with Crippen molar-refractivity contribution in [3.63, 3.8) is 0 Å². The van der Waals surface area contributed by atoms with Crippen molar-refractivity contribution in [2.24, 2.45) is 0 Å². The number of nitrogens with one attached hydrogen (secondary N) is 4. The van der Waals surface area contributed by atoms with E-state index in [-0.39, 0.29) is 61.0 Å². The minimum atomic E-state index is -5.02. The Balaban J connectivity index is 1.03. The van der Waals surface area contributed by atoms with Gasteiger partial charge in [0, 0.05) is 61.8 Å². The number of esters is 1. The third-order valence-corrected chi connectivity index (χ3v) is 8.75. The highest BCUT2D eigenvalue weighted by Crippen LogP contribution is 2.28. The molecule has 0 aliphatic carbocycles. The third-order valence-electron chi connectivity index (χ3n) is 8.75. The number of pyridine rings is 1. The standard InChI is InChI=1S/C37H40F3N5O7/c38-37(39,40)36(51)52-27-12-16-45(17-13-27)18-14-32(48)42-21-24-4-1-5-25(19-24)35(50)43-26-6-2-3-23(20-26)11-15-41-22-31(47)28-7-9-30(46)34-29(28)8-10-33(49)44-34/h1-10,19-20,27,31,41,46-47H,11-18,21-22H2,(H,42,48)(H,43,50)(H,44,49)/t31-/m0/s1. The second-order valence-electron chi connectivity index (χ2n) is 12.6. The van der Waals surface area contributed by atoms with Gasteiger partial charge in [-0.1, -0.05) is 30.3 Å². The van der Waals surface area contributed by atoms with Crippen molar-refractivity contribution in [1.29, 1.82) is 0 Å². The van der Waals surface area contributed by atoms with Gasteiger partial charge in [-0.3, -0.25) is 14.4 Å². The van der Waals surface area contributed by atoms with Crippen LogP contribution in [0.15, 0.2) is 77.6 Å². The maximum Gasteiger partial charge on any atom is 0.490 e. The number of hydrogen-bond donors (Lipinski definition) is 6. The van der Waals surface area contributed by atoms with Crippen LogP contribution in [0.25, 0.3) is 10.9 Å². The summed E-state index contributed by atoms with van der Waals surface area (Å²) in [7, 11) is 0. The van der Waals surface area contributed by atoms with Gasteiger partial charge in [-0.05, 0) is 78.9 Å². The number of aromatic amines is 1. The van der Waals surface area contributed by atoms with Crippen molar-refractivity contribution in [2.45, 2.75) is 50.6 Å². The average Bonchev–Trinajstić information content (AvgIpc) is 3.12. The van der Waals surface area contributed by atoms with Crippen LogP contribution in [0, 0.1) is 0 Å². The Labute approximate surface area is 297 Å². The summed E-state index contributed by atoms with van der Waals surface area (Å²) < 4.78 is 41.8. The molecule has 12 nitrogen and oxygen atoms in total. The molecule has 0 unspecified atom stereocenters. The Morgan fingerprint density at radius 3 is 2.50 bits per heavy atom. The Morgan fingerprint density at radius 1 is 0.981 bits per heavy atom. The van der Waals surface area contributed by atoms with Crippen molar-refractivity contribution in [2.75, 3.05) is 38.0 Å². The molecule has 1 fully saturated rings. The van der Waals surface area contributed by atoms with Gasteiger partial charge in [-0.15, -0.1) is 0 Å². The van der Waals surface area contributed by atoms with E-state index in [0.29, 0.717) is 54.8 Å². The van der Waals surface area contributed by atoms with E-state index in [4.69, 9.17) is 0 Å². The van der Waals surface area contributed by atoms with Crippen LogP contribution < -0.4 is 21.5 Å². The van der Waals surface area contributed by atoms with Crippen molar-refractivity contribution >= 4 is 34.4 Å². The zero-order chi connectivity index (χ0) is 37.3. The number of aliphatic hydroxyl groups excluding tert-OH is 1. The summed E-state index contributed by atoms with van der Waals surface area (Å²) in [5, 5.41) is 30.4. The fourth-order valence-corrected chi connectivity index (χ4v) is 5.98. The van der Waals surface area contributed by atoms with Gasteiger partial charge in [0.25, 0.3) is 5.91 Å². The smallest absolute Gasteiger partial charge is 0.490 e. The number of halogens is 3. The molecule has 1 saturated heterocycles. The highest BCUT2D eigenvalue weighted by Gasteiger charge is 2.42. The number of rotatable bonds is 14. The Morgan fingerprint density at radius 2 is 1.73 bits per heavy atom. The fraction of sp³-hybridized carbons (Fsp3) is 0.351. The molecule has 1 aliphatic rings. The summed E-state index contributed by atoms with van der Waals surface area (Å²) in [5.74, 6) is -2.79. The largest absolute Gasteiger partial charge is 0.506 e. The Kier molecular flexibility index (Phi) is 12.6. The van der Waals surface area contributed by atoms with Crippen LogP contribution in [0.4, 0.5) is 18.9 Å². The molecule has 52 heavy (non-hydrogen) atoms. The van der Waals surface area contributed by atoms with Crippen LogP contribution in [-0.4, -0.2) is 82.9 Å². The second-order valence-corrected chi connectivity index (χ2v) is 12.6. The van der Waals surface area contributed by atoms with E-state index in [0.717, 1.165) is 11.1 Å². The van der Waals surface area contributed by atoms with Gasteiger partial charge < -0.3 is 40.8 Å². The van der Waals surface area contributed by atoms with Gasteiger partial charge in [0.1, 0.15) is 11.9 Å². The molecule has 1 aromatic heterocycles. The van der Waals surface area contributed by atoms with E-state index in [1.165, 1.54) is 12.1 Å². The number of ether oxygens (including phenoxy) is 1. The van der Waals surface area contributed by atoms with Crippen molar-refractivity contribution in [1.82, 2.24) is 20.5 Å². The zero-order valence-corrected chi connectivity index (χ0v) is 28.2. The first-order valence-corrected chi connectivity index (χ1v) is 16.9. The summed E-state index contributed by atoms with van der Waals surface area (Å²) in [5.41, 5.74) is 3.19. The first-order chi connectivity index (χ1) is 24.9. The van der Waals surface area contributed by atoms with Gasteiger partial charge in [0.2, 0.25) is 11.5 Å². The molecule has 0 bridgehead atoms. The van der Waals surface area contributed by atoms with Crippen LogP contribution in [0.1, 0.15) is 52.4 Å². The minimum absolute atomic E-state index is 0.0768. The molecule has 1 aliphatic heterocycles. The first-order valence-electron chi connectivity index (χ1n) is 16.9. The van der Waals surface area contributed by atoms with Crippen molar-refractivity contribution in [3.8, 4) is 5.75 Å². The summed E-state index contributed by atoms with van der Waals surface area (Å²) in [6.07, 6.45) is -5.37. The number of benzene rings is 3. The van der Waals surface area contributed by atoms with Gasteiger partial charge in [-0.2, -0.15) is 13.2 Å². The molecular formula is C37H40F3N5O7. The predicted molar refractivity (Wildman–Crippen MR) is 187 cm³/mol. The lowest BCUT2D eigenvalue weighted by Crippen LogP contribution is -2.41. The molecule has 1 atom stereocenters. The highest BCUT2D eigenvalue weighted by atomic mass is 19.4. The molecule has 2 heterocycles. The number of alkyl halides is 3. The van der Waals surface area contributed by atoms with Gasteiger partial charge in [0.05, 0.1) is 11.6 Å². The SMILES string of the molecule is O=C(CCN1CCC(OC(=O)C(F)(F)F)CC1)NCc1cccc(C(=O)Nc2cccc(CCNC[C@H](O)c3ccc(O)c4[nH]c(=O)ccc34)c2)c1. The number of phenolic OH excluding ortho intramolecular Hbond substituents is 1. The quantitative estimate of drug-likeness (QED) is 0.0833. The summed E-state index contributed by atoms with van der Waals surface area (Å²) in [6, 6.07) is 20.2. The topological polar surface area (TPSA) is 173 Å². The number of carbonyl (C=O) groups excluding carboxylic acids is 3. The summed E-state index contributed by atoms with van der Waals surface area (Å²) in [6.45, 7) is 2.21. The summed E-state index contributed by atoms with van der Waals surface area (Å²) in [4.78, 5) is 52.8. The molecule has 0 saturated carbocycles. The highest BCUT2D eigenvalue weighted by molar-refractivity contribution is 6.04. The number of H-pyrrole nitrogens is 1. The number of aromatic nitrogens is 1. The van der Waals surface area contributed by atoms with Crippen LogP contribution >= 0.6 is 0 Å². The van der Waals surface area contributed by atoms with Crippen LogP contribution in [0.2, 0.25) is 0 Å². The normalized spacial score (nSPS) is 14.5. The van der Waals surface area contributed by atoms with Crippen molar-refractivity contribution in [3.05, 3.63) is 105 Å². The number of fused-ring (bicyclic) bond motifs is 1. The molecule has 0 radical (unpaired) electrons. The van der Waals surface area contributed by atoms with Crippen LogP contribution in [0.5, 0.6) is 5.75 Å². The number of amides is 2. The van der Waals surface area contributed by atoms with E-state index in [9.17, 15) is 42.6 Å². The molecule has 0 spiro atoms. The Hall–Kier alpha value is -5.25. The number of anilines is 1.